The molecule has 1 aliphatic carbocycles. The van der Waals surface area contributed by atoms with E-state index in [2.05, 4.69) is 270 Å². The van der Waals surface area contributed by atoms with E-state index in [4.69, 9.17) is 4.99 Å². The molecule has 0 aromatic heterocycles. The quantitative estimate of drug-likeness (QED) is 0.168. The molecule has 322 valence electrons. The van der Waals surface area contributed by atoms with Gasteiger partial charge < -0.3 is 10.2 Å². The van der Waals surface area contributed by atoms with Gasteiger partial charge in [0.15, 0.2) is 0 Å². The molecule has 10 aromatic rings. The number of para-hydroxylation sites is 3. The molecular formula is C64H46N4. The Kier molecular flexibility index (Phi) is 9.59. The zero-order valence-corrected chi connectivity index (χ0v) is 37.3. The fourth-order valence-electron chi connectivity index (χ4n) is 11.1. The van der Waals surface area contributed by atoms with Crippen LogP contribution >= 0.6 is 0 Å². The summed E-state index contributed by atoms with van der Waals surface area (Å²) in [5.41, 5.74) is 21.2. The van der Waals surface area contributed by atoms with Gasteiger partial charge in [0.1, 0.15) is 18.2 Å². The van der Waals surface area contributed by atoms with Crippen molar-refractivity contribution in [2.45, 2.75) is 17.7 Å². The lowest BCUT2D eigenvalue weighted by molar-refractivity contribution is 0.409. The molecule has 4 nitrogen and oxygen atoms in total. The molecule has 68 heavy (non-hydrogen) atoms. The van der Waals surface area contributed by atoms with Gasteiger partial charge in [-0.25, -0.2) is 4.99 Å². The molecule has 2 N–H and O–H groups in total. The van der Waals surface area contributed by atoms with Gasteiger partial charge in [0.05, 0.1) is 16.8 Å². The van der Waals surface area contributed by atoms with Crippen molar-refractivity contribution in [3.8, 4) is 44.5 Å². The van der Waals surface area contributed by atoms with Crippen LogP contribution in [0.15, 0.2) is 260 Å². The fourth-order valence-corrected chi connectivity index (χ4v) is 11.1. The Bertz CT molecular complexity index is 3460. The molecule has 0 saturated carbocycles. The average Bonchev–Trinajstić information content (AvgIpc) is 3.71. The van der Waals surface area contributed by atoms with E-state index in [0.29, 0.717) is 0 Å². The van der Waals surface area contributed by atoms with Crippen LogP contribution in [0.3, 0.4) is 0 Å². The lowest BCUT2D eigenvalue weighted by atomic mass is 9.64. The number of fused-ring (bicyclic) bond motifs is 9. The summed E-state index contributed by atoms with van der Waals surface area (Å²) in [5, 5.41) is 7.57. The SMILES string of the molecule is c1ccc(-c2ccc(C3=NC(c4ccccc4)NC(c4ccc(-c5ccccc5-c5ccc6c(c5)C5(c7ccccc7-6)c6ccccc6N(c6ccccc6)c6ccccc65)cc4)N3)cc2)cc1. The molecular weight excluding hydrogens is 825 g/mol. The Balaban J connectivity index is 0.880. The van der Waals surface area contributed by atoms with Gasteiger partial charge in [0.25, 0.3) is 0 Å². The number of hydrogen-bond acceptors (Lipinski definition) is 4. The van der Waals surface area contributed by atoms with Crippen LogP contribution in [0.1, 0.15) is 51.3 Å². The van der Waals surface area contributed by atoms with E-state index in [9.17, 15) is 0 Å². The summed E-state index contributed by atoms with van der Waals surface area (Å²) < 4.78 is 0. The zero-order chi connectivity index (χ0) is 45.0. The van der Waals surface area contributed by atoms with E-state index in [1.807, 2.05) is 0 Å². The third kappa shape index (κ3) is 6.45. The number of rotatable bonds is 7. The van der Waals surface area contributed by atoms with Crippen LogP contribution in [-0.4, -0.2) is 5.84 Å². The van der Waals surface area contributed by atoms with Crippen molar-refractivity contribution < 1.29 is 0 Å². The number of anilines is 3. The number of benzene rings is 10. The summed E-state index contributed by atoms with van der Waals surface area (Å²) >= 11 is 0. The molecule has 2 atom stereocenters. The minimum atomic E-state index is -0.527. The largest absolute Gasteiger partial charge is 0.350 e. The molecule has 0 saturated heterocycles. The van der Waals surface area contributed by atoms with Gasteiger partial charge in [-0.15, -0.1) is 0 Å². The predicted octanol–water partition coefficient (Wildman–Crippen LogP) is 15.2. The van der Waals surface area contributed by atoms with Gasteiger partial charge in [0.2, 0.25) is 0 Å². The van der Waals surface area contributed by atoms with Gasteiger partial charge in [-0.1, -0.05) is 224 Å². The number of aliphatic imine (C=N–C) groups is 1. The number of hydrogen-bond donors (Lipinski definition) is 2. The second-order valence-electron chi connectivity index (χ2n) is 17.9. The van der Waals surface area contributed by atoms with Crippen LogP contribution < -0.4 is 15.5 Å². The minimum absolute atomic E-state index is 0.167. The third-order valence-electron chi connectivity index (χ3n) is 14.2. The van der Waals surface area contributed by atoms with Gasteiger partial charge >= 0.3 is 0 Å². The van der Waals surface area contributed by atoms with Crippen LogP contribution in [0, 0.1) is 0 Å². The van der Waals surface area contributed by atoms with Gasteiger partial charge in [0, 0.05) is 11.3 Å². The van der Waals surface area contributed by atoms with Crippen LogP contribution in [0.25, 0.3) is 44.5 Å². The molecule has 2 unspecified atom stereocenters. The Morgan fingerprint density at radius 1 is 0.353 bits per heavy atom. The lowest BCUT2D eigenvalue weighted by Crippen LogP contribution is -2.44. The molecule has 13 rings (SSSR count). The van der Waals surface area contributed by atoms with Gasteiger partial charge in [-0.2, -0.15) is 0 Å². The van der Waals surface area contributed by atoms with E-state index in [-0.39, 0.29) is 12.3 Å². The van der Waals surface area contributed by atoms with E-state index < -0.39 is 5.41 Å². The summed E-state index contributed by atoms with van der Waals surface area (Å²) in [4.78, 5) is 7.66. The average molecular weight is 871 g/mol. The maximum Gasteiger partial charge on any atom is 0.131 e. The second kappa shape index (κ2) is 16.4. The summed E-state index contributed by atoms with van der Waals surface area (Å²) in [6.45, 7) is 0. The topological polar surface area (TPSA) is 39.7 Å². The molecule has 4 heteroatoms. The Labute approximate surface area is 397 Å². The molecule has 2 heterocycles. The molecule has 1 spiro atoms. The van der Waals surface area contributed by atoms with Crippen molar-refractivity contribution >= 4 is 22.9 Å². The highest BCUT2D eigenvalue weighted by atomic mass is 15.3. The van der Waals surface area contributed by atoms with E-state index >= 15 is 0 Å². The molecule has 3 aliphatic rings. The summed E-state index contributed by atoms with van der Waals surface area (Å²) in [7, 11) is 0. The minimum Gasteiger partial charge on any atom is -0.350 e. The van der Waals surface area contributed by atoms with Gasteiger partial charge in [-0.3, -0.25) is 5.32 Å². The summed E-state index contributed by atoms with van der Waals surface area (Å²) in [6, 6.07) is 92.7. The number of nitrogens with zero attached hydrogens (tertiary/aromatic N) is 2. The van der Waals surface area contributed by atoms with Crippen molar-refractivity contribution in [3.63, 3.8) is 0 Å². The molecule has 10 aromatic carbocycles. The van der Waals surface area contributed by atoms with Crippen molar-refractivity contribution in [1.29, 1.82) is 0 Å². The van der Waals surface area contributed by atoms with Crippen molar-refractivity contribution in [2.75, 3.05) is 4.90 Å². The normalized spacial score (nSPS) is 16.2. The van der Waals surface area contributed by atoms with Crippen molar-refractivity contribution in [1.82, 2.24) is 10.6 Å². The number of amidine groups is 1. The second-order valence-corrected chi connectivity index (χ2v) is 17.9. The van der Waals surface area contributed by atoms with Crippen LogP contribution in [0.5, 0.6) is 0 Å². The van der Waals surface area contributed by atoms with Crippen molar-refractivity contribution in [3.05, 3.63) is 294 Å². The Morgan fingerprint density at radius 2 is 0.838 bits per heavy atom. The molecule has 2 aliphatic heterocycles. The highest BCUT2D eigenvalue weighted by Crippen LogP contribution is 2.63. The van der Waals surface area contributed by atoms with E-state index in [1.165, 1.54) is 72.6 Å². The first-order valence-electron chi connectivity index (χ1n) is 23.5. The first kappa shape index (κ1) is 39.8. The van der Waals surface area contributed by atoms with Crippen LogP contribution in [0.4, 0.5) is 17.1 Å². The Morgan fingerprint density at radius 3 is 1.51 bits per heavy atom. The highest BCUT2D eigenvalue weighted by Gasteiger charge is 2.51. The lowest BCUT2D eigenvalue weighted by Gasteiger charge is -2.45. The molecule has 0 amide bonds. The zero-order valence-electron chi connectivity index (χ0n) is 37.3. The first-order valence-corrected chi connectivity index (χ1v) is 23.5. The monoisotopic (exact) mass is 870 g/mol. The van der Waals surface area contributed by atoms with Crippen LogP contribution in [0.2, 0.25) is 0 Å². The predicted molar refractivity (Wildman–Crippen MR) is 279 cm³/mol. The van der Waals surface area contributed by atoms with Crippen molar-refractivity contribution in [2.24, 2.45) is 4.99 Å². The summed E-state index contributed by atoms with van der Waals surface area (Å²) in [5.74, 6) is 0.865. The molecule has 0 fully saturated rings. The standard InChI is InChI=1S/C64H46N4/c1-4-18-43(19-5-1)44-32-36-47(37-33-44)62-65-61(46-20-6-2-7-21-46)66-63(67-62)48-38-34-45(35-39-48)51-24-10-11-25-52(51)49-40-41-54-53-26-12-13-27-55(53)64(58(54)42-49)56-28-14-16-30-59(56)68(50-22-8-3-9-23-50)60-31-17-15-29-57(60)64/h1-42,61,63,66H,(H,65,67). The maximum absolute atomic E-state index is 5.21. The molecule has 0 radical (unpaired) electrons. The smallest absolute Gasteiger partial charge is 0.131 e. The van der Waals surface area contributed by atoms with Gasteiger partial charge in [-0.05, 0) is 108 Å². The third-order valence-corrected chi connectivity index (χ3v) is 14.2. The maximum atomic E-state index is 5.21. The summed E-state index contributed by atoms with van der Waals surface area (Å²) in [6.07, 6.45) is -0.384. The molecule has 0 bridgehead atoms. The fraction of sp³-hybridized carbons (Fsp3) is 0.0469. The first-order chi connectivity index (χ1) is 33.7. The van der Waals surface area contributed by atoms with Crippen LogP contribution in [-0.2, 0) is 5.41 Å². The van der Waals surface area contributed by atoms with E-state index in [1.54, 1.807) is 0 Å². The van der Waals surface area contributed by atoms with E-state index in [0.717, 1.165) is 33.8 Å². The Hall–Kier alpha value is -8.57. The number of nitrogens with one attached hydrogen (secondary N) is 2. The highest BCUT2D eigenvalue weighted by molar-refractivity contribution is 6.00.